The molecule has 0 atom stereocenters. The first-order chi connectivity index (χ1) is 11.2. The number of nitrogens with zero attached hydrogens (tertiary/aromatic N) is 1. The van der Waals surface area contributed by atoms with Gasteiger partial charge in [0.2, 0.25) is 0 Å². The zero-order valence-electron chi connectivity index (χ0n) is 14.0. The van der Waals surface area contributed by atoms with E-state index < -0.39 is 0 Å². The SMILES string of the molecule is CCNC(=NCc1ccsc1)NCc1ccc(OC(C)C)cc1. The molecule has 0 saturated carbocycles. The first kappa shape index (κ1) is 17.3. The maximum absolute atomic E-state index is 5.66. The van der Waals surface area contributed by atoms with Crippen molar-refractivity contribution < 1.29 is 4.74 Å². The van der Waals surface area contributed by atoms with Gasteiger partial charge in [-0.2, -0.15) is 11.3 Å². The number of ether oxygens (including phenoxy) is 1. The van der Waals surface area contributed by atoms with E-state index in [4.69, 9.17) is 4.74 Å². The Hall–Kier alpha value is -2.01. The molecule has 0 amide bonds. The highest BCUT2D eigenvalue weighted by Gasteiger charge is 2.01. The third-order valence-electron chi connectivity index (χ3n) is 3.10. The molecule has 0 saturated heterocycles. The van der Waals surface area contributed by atoms with Crippen LogP contribution < -0.4 is 15.4 Å². The Bertz CT molecular complexity index is 591. The summed E-state index contributed by atoms with van der Waals surface area (Å²) in [7, 11) is 0. The van der Waals surface area contributed by atoms with Crippen LogP contribution in [0.25, 0.3) is 0 Å². The van der Waals surface area contributed by atoms with Gasteiger partial charge in [0.15, 0.2) is 5.96 Å². The smallest absolute Gasteiger partial charge is 0.191 e. The van der Waals surface area contributed by atoms with E-state index in [1.54, 1.807) is 11.3 Å². The van der Waals surface area contributed by atoms with E-state index in [2.05, 4.69) is 51.5 Å². The molecular formula is C18H25N3OS. The van der Waals surface area contributed by atoms with Gasteiger partial charge in [-0.25, -0.2) is 4.99 Å². The zero-order valence-corrected chi connectivity index (χ0v) is 14.8. The van der Waals surface area contributed by atoms with Gasteiger partial charge < -0.3 is 15.4 Å². The van der Waals surface area contributed by atoms with Gasteiger partial charge in [0.25, 0.3) is 0 Å². The predicted octanol–water partition coefficient (Wildman–Crippen LogP) is 3.79. The molecule has 1 aromatic heterocycles. The minimum atomic E-state index is 0.198. The number of benzene rings is 1. The van der Waals surface area contributed by atoms with Crippen LogP contribution in [-0.4, -0.2) is 18.6 Å². The van der Waals surface area contributed by atoms with E-state index in [-0.39, 0.29) is 6.10 Å². The second-order valence-corrected chi connectivity index (χ2v) is 6.27. The molecule has 4 nitrogen and oxygen atoms in total. The number of nitrogens with one attached hydrogen (secondary N) is 2. The number of guanidine groups is 1. The summed E-state index contributed by atoms with van der Waals surface area (Å²) in [4.78, 5) is 4.60. The summed E-state index contributed by atoms with van der Waals surface area (Å²) in [6, 6.07) is 10.3. The molecule has 0 fully saturated rings. The Balaban J connectivity index is 1.89. The lowest BCUT2D eigenvalue weighted by molar-refractivity contribution is 0.242. The average Bonchev–Trinajstić information content (AvgIpc) is 3.04. The van der Waals surface area contributed by atoms with Crippen molar-refractivity contribution in [3.63, 3.8) is 0 Å². The van der Waals surface area contributed by atoms with Gasteiger partial charge in [0.1, 0.15) is 5.75 Å². The van der Waals surface area contributed by atoms with Crippen molar-refractivity contribution in [2.75, 3.05) is 6.54 Å². The third kappa shape index (κ3) is 6.32. The van der Waals surface area contributed by atoms with Crippen molar-refractivity contribution in [3.8, 4) is 5.75 Å². The molecule has 0 aliphatic carbocycles. The summed E-state index contributed by atoms with van der Waals surface area (Å²) in [6.45, 7) is 8.40. The molecule has 2 aromatic rings. The molecule has 124 valence electrons. The van der Waals surface area contributed by atoms with Gasteiger partial charge in [0.05, 0.1) is 12.6 Å². The molecule has 1 aromatic carbocycles. The van der Waals surface area contributed by atoms with Crippen LogP contribution in [0.1, 0.15) is 31.9 Å². The van der Waals surface area contributed by atoms with Crippen LogP contribution in [-0.2, 0) is 13.1 Å². The van der Waals surface area contributed by atoms with E-state index >= 15 is 0 Å². The minimum absolute atomic E-state index is 0.198. The van der Waals surface area contributed by atoms with Crippen molar-refractivity contribution in [2.45, 2.75) is 40.0 Å². The topological polar surface area (TPSA) is 45.7 Å². The van der Waals surface area contributed by atoms with Crippen LogP contribution in [0.2, 0.25) is 0 Å². The van der Waals surface area contributed by atoms with Gasteiger partial charge in [-0.1, -0.05) is 12.1 Å². The highest BCUT2D eigenvalue weighted by atomic mass is 32.1. The lowest BCUT2D eigenvalue weighted by Gasteiger charge is -2.12. The van der Waals surface area contributed by atoms with Crippen LogP contribution in [0.15, 0.2) is 46.1 Å². The standard InChI is InChI=1S/C18H25N3OS/c1-4-19-18(21-12-16-9-10-23-13-16)20-11-15-5-7-17(8-6-15)22-14(2)3/h5-10,13-14H,4,11-12H2,1-3H3,(H2,19,20,21). The quantitative estimate of drug-likeness (QED) is 0.599. The summed E-state index contributed by atoms with van der Waals surface area (Å²) in [5, 5.41) is 10.8. The fraction of sp³-hybridized carbons (Fsp3) is 0.389. The largest absolute Gasteiger partial charge is 0.491 e. The van der Waals surface area contributed by atoms with Gasteiger partial charge in [0, 0.05) is 13.1 Å². The highest BCUT2D eigenvalue weighted by Crippen LogP contribution is 2.13. The molecule has 0 radical (unpaired) electrons. The number of rotatable bonds is 7. The molecule has 0 aliphatic heterocycles. The maximum Gasteiger partial charge on any atom is 0.191 e. The Labute approximate surface area is 142 Å². The minimum Gasteiger partial charge on any atom is -0.491 e. The van der Waals surface area contributed by atoms with Crippen molar-refractivity contribution >= 4 is 17.3 Å². The summed E-state index contributed by atoms with van der Waals surface area (Å²) in [5.41, 5.74) is 2.43. The van der Waals surface area contributed by atoms with Crippen molar-refractivity contribution in [1.82, 2.24) is 10.6 Å². The number of hydrogen-bond acceptors (Lipinski definition) is 3. The Kier molecular flexibility index (Phi) is 6.94. The van der Waals surface area contributed by atoms with Crippen LogP contribution in [0.3, 0.4) is 0 Å². The third-order valence-corrected chi connectivity index (χ3v) is 3.83. The molecule has 1 heterocycles. The van der Waals surface area contributed by atoms with E-state index in [0.717, 1.165) is 24.8 Å². The molecule has 0 aliphatic rings. The highest BCUT2D eigenvalue weighted by molar-refractivity contribution is 7.07. The number of hydrogen-bond donors (Lipinski definition) is 2. The van der Waals surface area contributed by atoms with Crippen molar-refractivity contribution in [1.29, 1.82) is 0 Å². The monoisotopic (exact) mass is 331 g/mol. The Morgan fingerprint density at radius 2 is 1.91 bits per heavy atom. The zero-order chi connectivity index (χ0) is 16.5. The molecule has 0 bridgehead atoms. The average molecular weight is 331 g/mol. The molecule has 0 spiro atoms. The van der Waals surface area contributed by atoms with Gasteiger partial charge in [-0.3, -0.25) is 0 Å². The van der Waals surface area contributed by atoms with Crippen LogP contribution >= 0.6 is 11.3 Å². The van der Waals surface area contributed by atoms with E-state index in [1.807, 2.05) is 26.0 Å². The van der Waals surface area contributed by atoms with Crippen molar-refractivity contribution in [3.05, 3.63) is 52.2 Å². The first-order valence-corrected chi connectivity index (χ1v) is 8.90. The van der Waals surface area contributed by atoms with Crippen molar-refractivity contribution in [2.24, 2.45) is 4.99 Å². The second kappa shape index (κ2) is 9.20. The van der Waals surface area contributed by atoms with Crippen LogP contribution in [0.5, 0.6) is 5.75 Å². The summed E-state index contributed by atoms with van der Waals surface area (Å²) in [5.74, 6) is 1.74. The van der Waals surface area contributed by atoms with E-state index in [1.165, 1.54) is 11.1 Å². The van der Waals surface area contributed by atoms with E-state index in [9.17, 15) is 0 Å². The fourth-order valence-electron chi connectivity index (χ4n) is 2.04. The normalized spacial score (nSPS) is 11.6. The number of aliphatic imine (C=N–C) groups is 1. The first-order valence-electron chi connectivity index (χ1n) is 7.96. The lowest BCUT2D eigenvalue weighted by atomic mass is 10.2. The number of thiophene rings is 1. The predicted molar refractivity (Wildman–Crippen MR) is 98.2 cm³/mol. The molecule has 2 N–H and O–H groups in total. The molecule has 5 heteroatoms. The van der Waals surface area contributed by atoms with Gasteiger partial charge >= 0.3 is 0 Å². The molecule has 0 unspecified atom stereocenters. The Morgan fingerprint density at radius 3 is 2.52 bits per heavy atom. The van der Waals surface area contributed by atoms with Gasteiger partial charge in [-0.05, 0) is 60.9 Å². The summed E-state index contributed by atoms with van der Waals surface area (Å²) < 4.78 is 5.66. The Morgan fingerprint density at radius 1 is 1.13 bits per heavy atom. The molecule has 2 rings (SSSR count). The lowest BCUT2D eigenvalue weighted by Crippen LogP contribution is -2.36. The van der Waals surface area contributed by atoms with Gasteiger partial charge in [-0.15, -0.1) is 0 Å². The summed E-state index contributed by atoms with van der Waals surface area (Å²) >= 11 is 1.70. The summed E-state index contributed by atoms with van der Waals surface area (Å²) in [6.07, 6.45) is 0.198. The molecular weight excluding hydrogens is 306 g/mol. The van der Waals surface area contributed by atoms with Crippen LogP contribution in [0.4, 0.5) is 0 Å². The van der Waals surface area contributed by atoms with E-state index in [0.29, 0.717) is 6.54 Å². The fourth-order valence-corrected chi connectivity index (χ4v) is 2.70. The molecule has 23 heavy (non-hydrogen) atoms. The van der Waals surface area contributed by atoms with Crippen LogP contribution in [0, 0.1) is 0 Å². The second-order valence-electron chi connectivity index (χ2n) is 5.49. The maximum atomic E-state index is 5.66.